The Labute approximate surface area is 58.6 Å². The Hall–Kier alpha value is 0.660. The number of nitrogens with zero attached hydrogens (tertiary/aromatic N) is 1. The molecule has 0 aliphatic carbocycles. The van der Waals surface area contributed by atoms with Crippen molar-refractivity contribution in [3.8, 4) is 0 Å². The molecule has 0 radical (unpaired) electrons. The normalized spacial score (nSPS) is 25.1. The van der Waals surface area contributed by atoms with Crippen LogP contribution in [-0.2, 0) is 0 Å². The Balaban J connectivity index is 2.17. The van der Waals surface area contributed by atoms with E-state index in [1.807, 2.05) is 21.6 Å². The fourth-order valence-electron chi connectivity index (χ4n) is 0.616. The lowest BCUT2D eigenvalue weighted by molar-refractivity contribution is 0.381. The predicted molar refractivity (Wildman–Crippen MR) is 42.4 cm³/mol. The minimum absolute atomic E-state index is 1.26. The summed E-state index contributed by atoms with van der Waals surface area (Å²) in [7, 11) is 6.18. The van der Waals surface area contributed by atoms with Gasteiger partial charge < -0.3 is 4.90 Å². The molecule has 48 valence electrons. The third-order valence-corrected chi connectivity index (χ3v) is 3.56. The molecule has 0 unspecified atom stereocenters. The summed E-state index contributed by atoms with van der Waals surface area (Å²) >= 11 is 0. The summed E-state index contributed by atoms with van der Waals surface area (Å²) in [6.07, 6.45) is 0. The van der Waals surface area contributed by atoms with Gasteiger partial charge in [-0.2, -0.15) is 0 Å². The van der Waals surface area contributed by atoms with E-state index in [1.54, 1.807) is 0 Å². The molecule has 1 heterocycles. The molecule has 0 amide bonds. The van der Waals surface area contributed by atoms with Gasteiger partial charge in [-0.05, 0) is 7.05 Å². The first kappa shape index (κ1) is 6.78. The lowest BCUT2D eigenvalue weighted by atomic mass is 10.6. The molecule has 1 rings (SSSR count). The minimum atomic E-state index is 1.26. The Morgan fingerprint density at radius 3 is 2.12 bits per heavy atom. The van der Waals surface area contributed by atoms with Gasteiger partial charge in [0.2, 0.25) is 0 Å². The van der Waals surface area contributed by atoms with Crippen LogP contribution in [0.3, 0.4) is 0 Å². The van der Waals surface area contributed by atoms with Crippen LogP contribution in [0.4, 0.5) is 0 Å². The van der Waals surface area contributed by atoms with E-state index >= 15 is 0 Å². The Morgan fingerprint density at radius 2 is 1.62 bits per heavy atom. The highest BCUT2D eigenvalue weighted by molar-refractivity contribution is 8.76. The maximum atomic E-state index is 2.38. The largest absolute Gasteiger partial charge is 0.305 e. The zero-order valence-electron chi connectivity index (χ0n) is 5.09. The highest BCUT2D eigenvalue weighted by Gasteiger charge is 2.02. The van der Waals surface area contributed by atoms with Crippen LogP contribution in [0.25, 0.3) is 0 Å². The van der Waals surface area contributed by atoms with Crippen molar-refractivity contribution >= 4 is 21.6 Å². The summed E-state index contributed by atoms with van der Waals surface area (Å²) in [6.45, 7) is 2.52. The van der Waals surface area contributed by atoms with Crippen molar-refractivity contribution in [2.75, 3.05) is 31.6 Å². The van der Waals surface area contributed by atoms with Gasteiger partial charge in [-0.3, -0.25) is 0 Å². The van der Waals surface area contributed by atoms with Crippen LogP contribution in [-0.4, -0.2) is 36.5 Å². The molecule has 0 bridgehead atoms. The molecule has 3 heteroatoms. The average molecular weight is 149 g/mol. The van der Waals surface area contributed by atoms with Crippen LogP contribution >= 0.6 is 21.6 Å². The number of rotatable bonds is 0. The fourth-order valence-corrected chi connectivity index (χ4v) is 2.78. The molecule has 0 aromatic rings. The standard InChI is InChI=1S/C5H11NS2/c1-6-2-4-7-8-5-3-6/h2-5H2,1H3. The van der Waals surface area contributed by atoms with Crippen LogP contribution in [0.2, 0.25) is 0 Å². The molecule has 0 N–H and O–H groups in total. The molecule has 8 heavy (non-hydrogen) atoms. The van der Waals surface area contributed by atoms with E-state index in [4.69, 9.17) is 0 Å². The molecular formula is C5H11NS2. The Bertz CT molecular complexity index is 59.4. The summed E-state index contributed by atoms with van der Waals surface area (Å²) in [6, 6.07) is 0. The minimum Gasteiger partial charge on any atom is -0.305 e. The van der Waals surface area contributed by atoms with E-state index in [2.05, 4.69) is 11.9 Å². The summed E-state index contributed by atoms with van der Waals surface area (Å²) < 4.78 is 0. The van der Waals surface area contributed by atoms with E-state index in [1.165, 1.54) is 24.6 Å². The van der Waals surface area contributed by atoms with Gasteiger partial charge in [0.1, 0.15) is 0 Å². The molecular weight excluding hydrogens is 138 g/mol. The zero-order valence-corrected chi connectivity index (χ0v) is 6.73. The van der Waals surface area contributed by atoms with E-state index in [0.717, 1.165) is 0 Å². The van der Waals surface area contributed by atoms with Gasteiger partial charge in [0, 0.05) is 24.6 Å². The maximum absolute atomic E-state index is 2.38. The average Bonchev–Trinajstić information content (AvgIpc) is 1.94. The van der Waals surface area contributed by atoms with Crippen molar-refractivity contribution in [2.24, 2.45) is 0 Å². The van der Waals surface area contributed by atoms with Crippen LogP contribution in [0, 0.1) is 0 Å². The lowest BCUT2D eigenvalue weighted by Crippen LogP contribution is -2.21. The van der Waals surface area contributed by atoms with Gasteiger partial charge in [0.25, 0.3) is 0 Å². The Morgan fingerprint density at radius 1 is 1.12 bits per heavy atom. The third kappa shape index (κ3) is 2.29. The smallest absolute Gasteiger partial charge is 0.0165 e. The van der Waals surface area contributed by atoms with E-state index in [9.17, 15) is 0 Å². The fraction of sp³-hybridized carbons (Fsp3) is 1.00. The molecule has 1 nitrogen and oxygen atoms in total. The molecule has 0 atom stereocenters. The second kappa shape index (κ2) is 3.64. The van der Waals surface area contributed by atoms with Crippen molar-refractivity contribution in [1.29, 1.82) is 0 Å². The summed E-state index contributed by atoms with van der Waals surface area (Å²) in [5.74, 6) is 2.59. The highest BCUT2D eigenvalue weighted by atomic mass is 33.1. The zero-order chi connectivity index (χ0) is 5.82. The molecule has 1 aliphatic heterocycles. The molecule has 0 aromatic carbocycles. The predicted octanol–water partition coefficient (Wildman–Crippen LogP) is 1.31. The summed E-state index contributed by atoms with van der Waals surface area (Å²) in [5, 5.41) is 0. The molecule has 0 aromatic heterocycles. The van der Waals surface area contributed by atoms with Gasteiger partial charge in [-0.15, -0.1) is 0 Å². The topological polar surface area (TPSA) is 3.24 Å². The van der Waals surface area contributed by atoms with Crippen molar-refractivity contribution in [3.63, 3.8) is 0 Å². The first-order valence-electron chi connectivity index (χ1n) is 2.82. The molecule has 1 fully saturated rings. The third-order valence-electron chi connectivity index (χ3n) is 1.20. The Kier molecular flexibility index (Phi) is 3.08. The second-order valence-electron chi connectivity index (χ2n) is 1.95. The van der Waals surface area contributed by atoms with Crippen LogP contribution in [0.15, 0.2) is 0 Å². The van der Waals surface area contributed by atoms with Crippen molar-refractivity contribution in [2.45, 2.75) is 0 Å². The van der Waals surface area contributed by atoms with E-state index in [-0.39, 0.29) is 0 Å². The SMILES string of the molecule is CN1CCSSCC1. The van der Waals surface area contributed by atoms with Crippen LogP contribution in [0.5, 0.6) is 0 Å². The molecule has 0 spiro atoms. The van der Waals surface area contributed by atoms with Crippen LogP contribution < -0.4 is 0 Å². The van der Waals surface area contributed by atoms with Crippen LogP contribution in [0.1, 0.15) is 0 Å². The number of hydrogen-bond donors (Lipinski definition) is 0. The lowest BCUT2D eigenvalue weighted by Gasteiger charge is -2.09. The second-order valence-corrected chi connectivity index (χ2v) is 4.65. The molecule has 0 saturated carbocycles. The van der Waals surface area contributed by atoms with Gasteiger partial charge in [-0.1, -0.05) is 21.6 Å². The quantitative estimate of drug-likeness (QED) is 0.478. The maximum Gasteiger partial charge on any atom is 0.0165 e. The van der Waals surface area contributed by atoms with Crippen molar-refractivity contribution < 1.29 is 0 Å². The van der Waals surface area contributed by atoms with Gasteiger partial charge in [-0.25, -0.2) is 0 Å². The molecule has 1 saturated heterocycles. The van der Waals surface area contributed by atoms with Gasteiger partial charge >= 0.3 is 0 Å². The first-order valence-corrected chi connectivity index (χ1v) is 5.31. The summed E-state index contributed by atoms with van der Waals surface area (Å²) in [4.78, 5) is 2.38. The summed E-state index contributed by atoms with van der Waals surface area (Å²) in [5.41, 5.74) is 0. The van der Waals surface area contributed by atoms with Gasteiger partial charge in [0.15, 0.2) is 0 Å². The monoisotopic (exact) mass is 149 g/mol. The number of hydrogen-bond acceptors (Lipinski definition) is 3. The highest BCUT2D eigenvalue weighted by Crippen LogP contribution is 2.22. The van der Waals surface area contributed by atoms with Gasteiger partial charge in [0.05, 0.1) is 0 Å². The van der Waals surface area contributed by atoms with Crippen molar-refractivity contribution in [1.82, 2.24) is 4.90 Å². The van der Waals surface area contributed by atoms with Crippen molar-refractivity contribution in [3.05, 3.63) is 0 Å². The first-order chi connectivity index (χ1) is 3.89. The van der Waals surface area contributed by atoms with E-state index in [0.29, 0.717) is 0 Å². The molecule has 1 aliphatic rings. The van der Waals surface area contributed by atoms with E-state index < -0.39 is 0 Å².